The third-order valence-electron chi connectivity index (χ3n) is 13.4. The highest BCUT2D eigenvalue weighted by atomic mass is 16.5. The maximum atomic E-state index is 13.2. The summed E-state index contributed by atoms with van der Waals surface area (Å²) in [6, 6.07) is 23.5. The molecule has 1 unspecified atom stereocenters. The van der Waals surface area contributed by atoms with Crippen LogP contribution < -0.4 is 20.7 Å². The topological polar surface area (TPSA) is 155 Å². The largest absolute Gasteiger partial charge is 0.457 e. The second-order valence-electron chi connectivity index (χ2n) is 17.3. The Bertz CT molecular complexity index is 2390. The number of benzene rings is 3. The van der Waals surface area contributed by atoms with Crippen molar-refractivity contribution in [2.45, 2.75) is 63.6 Å². The average molecular weight is 809 g/mol. The van der Waals surface area contributed by atoms with Gasteiger partial charge in [0.25, 0.3) is 5.91 Å². The van der Waals surface area contributed by atoms with Gasteiger partial charge in [-0.05, 0) is 117 Å². The van der Waals surface area contributed by atoms with Crippen molar-refractivity contribution in [2.24, 2.45) is 11.8 Å². The van der Waals surface area contributed by atoms with Gasteiger partial charge in [0.15, 0.2) is 5.65 Å². The van der Waals surface area contributed by atoms with Crippen LogP contribution in [0.4, 0.5) is 11.5 Å². The second kappa shape index (κ2) is 16.3. The first-order chi connectivity index (χ1) is 29.3. The Morgan fingerprint density at radius 2 is 1.50 bits per heavy atom. The van der Waals surface area contributed by atoms with Crippen LogP contribution >= 0.6 is 0 Å². The lowest BCUT2D eigenvalue weighted by Gasteiger charge is -2.36. The summed E-state index contributed by atoms with van der Waals surface area (Å²) in [7, 11) is 0. The maximum absolute atomic E-state index is 13.2. The molecular formula is C46H52N10O4. The van der Waals surface area contributed by atoms with E-state index in [4.69, 9.17) is 15.6 Å². The van der Waals surface area contributed by atoms with Gasteiger partial charge in [-0.25, -0.2) is 14.6 Å². The highest BCUT2D eigenvalue weighted by Crippen LogP contribution is 2.37. The number of ether oxygens (including phenoxy) is 1. The van der Waals surface area contributed by atoms with E-state index in [-0.39, 0.29) is 30.2 Å². The quantitative estimate of drug-likeness (QED) is 0.172. The highest BCUT2D eigenvalue weighted by molar-refractivity contribution is 6.05. The molecule has 0 saturated carbocycles. The molecule has 5 aromatic rings. The first kappa shape index (κ1) is 38.3. The van der Waals surface area contributed by atoms with Crippen molar-refractivity contribution in [1.82, 2.24) is 39.8 Å². The predicted octanol–water partition coefficient (Wildman–Crippen LogP) is 5.50. The van der Waals surface area contributed by atoms with Gasteiger partial charge < -0.3 is 30.1 Å². The van der Waals surface area contributed by atoms with Gasteiger partial charge in [-0.15, -0.1) is 0 Å². The predicted molar refractivity (Wildman–Crippen MR) is 228 cm³/mol. The van der Waals surface area contributed by atoms with E-state index < -0.39 is 6.04 Å². The first-order valence-corrected chi connectivity index (χ1v) is 21.6. The van der Waals surface area contributed by atoms with E-state index in [0.717, 1.165) is 110 Å². The lowest BCUT2D eigenvalue weighted by atomic mass is 9.95. The van der Waals surface area contributed by atoms with Crippen LogP contribution in [-0.2, 0) is 16.1 Å². The van der Waals surface area contributed by atoms with Crippen molar-refractivity contribution in [3.05, 3.63) is 90.3 Å². The summed E-state index contributed by atoms with van der Waals surface area (Å²) in [6.45, 7) is 9.13. The molecule has 0 aliphatic carbocycles. The van der Waals surface area contributed by atoms with E-state index in [0.29, 0.717) is 36.2 Å². The molecule has 60 heavy (non-hydrogen) atoms. The minimum Gasteiger partial charge on any atom is -0.457 e. The molecule has 2 aromatic heterocycles. The molecule has 3 N–H and O–H groups in total. The normalized spacial score (nSPS) is 22.2. The number of nitrogens with two attached hydrogens (primary N) is 1. The van der Waals surface area contributed by atoms with E-state index in [1.165, 1.54) is 19.5 Å². The van der Waals surface area contributed by atoms with E-state index in [9.17, 15) is 14.4 Å². The van der Waals surface area contributed by atoms with Crippen LogP contribution in [0.2, 0.25) is 0 Å². The van der Waals surface area contributed by atoms with Crippen molar-refractivity contribution >= 4 is 40.3 Å². The van der Waals surface area contributed by atoms with Gasteiger partial charge >= 0.3 is 0 Å². The Morgan fingerprint density at radius 3 is 2.28 bits per heavy atom. The number of nitrogen functional groups attached to an aromatic ring is 1. The number of carbonyl (C=O) groups excluding carboxylic acids is 3. The van der Waals surface area contributed by atoms with Crippen LogP contribution in [0.25, 0.3) is 22.3 Å². The summed E-state index contributed by atoms with van der Waals surface area (Å²) >= 11 is 0. The average Bonchev–Trinajstić information content (AvgIpc) is 3.98. The fraction of sp³-hybridized carbons (Fsp3) is 0.435. The van der Waals surface area contributed by atoms with Crippen molar-refractivity contribution in [2.75, 3.05) is 63.0 Å². The van der Waals surface area contributed by atoms with Crippen LogP contribution in [0.5, 0.6) is 11.5 Å². The Morgan fingerprint density at radius 1 is 0.767 bits per heavy atom. The standard InChI is InChI=1S/C46H52N10O4/c47-43-41-42(32-6-9-37(10-7-32)60-36-4-2-1-3-5-36)51-56(44(41)49-29-48-43)34-17-20-52(21-18-34)26-31-14-19-53(27-31)25-30-15-22-54(23-16-30)35-8-11-38-33(24-35)28-55(46(38)59)39-12-13-40(57)50-45(39)58/h1-11,24,29-31,34,39H,12-23,25-28H2,(H2,47,48,49)(H,50,57,58)/t31-,39?/m0/s1. The molecule has 5 aliphatic rings. The number of hydrogen-bond donors (Lipinski definition) is 2. The number of likely N-dealkylation sites (tertiary alicyclic amines) is 2. The first-order valence-electron chi connectivity index (χ1n) is 21.6. The van der Waals surface area contributed by atoms with Gasteiger partial charge in [0.2, 0.25) is 11.8 Å². The number of anilines is 2. The summed E-state index contributed by atoms with van der Waals surface area (Å²) in [4.78, 5) is 55.8. The zero-order valence-electron chi connectivity index (χ0n) is 33.9. The van der Waals surface area contributed by atoms with Gasteiger partial charge in [0, 0.05) is 75.6 Å². The van der Waals surface area contributed by atoms with Crippen LogP contribution in [0.15, 0.2) is 79.1 Å². The van der Waals surface area contributed by atoms with Gasteiger partial charge in [-0.1, -0.05) is 18.2 Å². The van der Waals surface area contributed by atoms with E-state index in [1.54, 1.807) is 11.2 Å². The summed E-state index contributed by atoms with van der Waals surface area (Å²) in [5.74, 6) is 2.61. The molecule has 14 heteroatoms. The molecule has 4 saturated heterocycles. The molecule has 2 atom stereocenters. The minimum absolute atomic E-state index is 0.120. The molecule has 0 spiro atoms. The number of amides is 3. The molecule has 0 radical (unpaired) electrons. The van der Waals surface area contributed by atoms with Crippen molar-refractivity contribution in [3.8, 4) is 22.8 Å². The van der Waals surface area contributed by atoms with Gasteiger partial charge in [0.05, 0.1) is 11.4 Å². The molecule has 10 rings (SSSR count). The van der Waals surface area contributed by atoms with E-state index in [2.05, 4.69) is 46.8 Å². The number of fused-ring (bicyclic) bond motifs is 2. The van der Waals surface area contributed by atoms with E-state index >= 15 is 0 Å². The van der Waals surface area contributed by atoms with Crippen LogP contribution in [0.1, 0.15) is 66.9 Å². The molecule has 3 aromatic carbocycles. The fourth-order valence-corrected chi connectivity index (χ4v) is 10.2. The lowest BCUT2D eigenvalue weighted by Crippen LogP contribution is -2.52. The number of imide groups is 1. The van der Waals surface area contributed by atoms with Gasteiger partial charge in [-0.3, -0.25) is 19.7 Å². The van der Waals surface area contributed by atoms with Crippen LogP contribution in [0.3, 0.4) is 0 Å². The summed E-state index contributed by atoms with van der Waals surface area (Å²) in [5.41, 5.74) is 11.8. The summed E-state index contributed by atoms with van der Waals surface area (Å²) in [6.07, 6.45) is 7.77. The van der Waals surface area contributed by atoms with Crippen molar-refractivity contribution in [1.29, 1.82) is 0 Å². The summed E-state index contributed by atoms with van der Waals surface area (Å²) < 4.78 is 8.12. The van der Waals surface area contributed by atoms with Crippen molar-refractivity contribution in [3.63, 3.8) is 0 Å². The zero-order chi connectivity index (χ0) is 40.7. The summed E-state index contributed by atoms with van der Waals surface area (Å²) in [5, 5.41) is 8.34. The molecule has 7 heterocycles. The molecule has 5 aliphatic heterocycles. The third kappa shape index (κ3) is 7.69. The second-order valence-corrected chi connectivity index (χ2v) is 17.3. The van der Waals surface area contributed by atoms with E-state index in [1.807, 2.05) is 60.7 Å². The number of carbonyl (C=O) groups is 3. The molecular weight excluding hydrogens is 757 g/mol. The number of hydrogen-bond acceptors (Lipinski definition) is 11. The van der Waals surface area contributed by atoms with Gasteiger partial charge in [0.1, 0.15) is 35.4 Å². The lowest BCUT2D eigenvalue weighted by molar-refractivity contribution is -0.136. The third-order valence-corrected chi connectivity index (χ3v) is 13.4. The molecule has 0 bridgehead atoms. The zero-order valence-corrected chi connectivity index (χ0v) is 33.9. The monoisotopic (exact) mass is 808 g/mol. The fourth-order valence-electron chi connectivity index (χ4n) is 10.2. The van der Waals surface area contributed by atoms with Crippen molar-refractivity contribution < 1.29 is 19.1 Å². The Labute approximate surface area is 349 Å². The number of piperidine rings is 3. The Kier molecular flexibility index (Phi) is 10.4. The smallest absolute Gasteiger partial charge is 0.255 e. The number of aromatic nitrogens is 4. The Hall–Kier alpha value is -5.86. The number of para-hydroxylation sites is 1. The number of nitrogens with zero attached hydrogens (tertiary/aromatic N) is 8. The van der Waals surface area contributed by atoms with Gasteiger partial charge in [-0.2, -0.15) is 5.10 Å². The molecule has 14 nitrogen and oxygen atoms in total. The SMILES string of the molecule is Nc1ncnc2c1c(-c1ccc(Oc3ccccc3)cc1)nn2C1CCN(C[C@@H]2CCN(CC3CCN(c4ccc5c(c4)CN(C4CCC(=O)NC4=O)C5=O)CC3)C2)CC1. The van der Waals surface area contributed by atoms with Crippen LogP contribution in [-0.4, -0.2) is 111 Å². The molecule has 310 valence electrons. The molecule has 3 amide bonds. The number of rotatable bonds is 10. The minimum atomic E-state index is -0.587. The van der Waals surface area contributed by atoms with Crippen LogP contribution in [0, 0.1) is 11.8 Å². The molecule has 4 fully saturated rings. The highest BCUT2D eigenvalue weighted by Gasteiger charge is 2.39. The maximum Gasteiger partial charge on any atom is 0.255 e. The Balaban J connectivity index is 0.695. The number of nitrogens with one attached hydrogen (secondary N) is 1.